The van der Waals surface area contributed by atoms with Crippen LogP contribution in [-0.2, 0) is 4.79 Å². The van der Waals surface area contributed by atoms with E-state index >= 15 is 0 Å². The second-order valence-corrected chi connectivity index (χ2v) is 4.56. The molecule has 0 aromatic heterocycles. The maximum Gasteiger partial charge on any atom is 0.247 e. The monoisotopic (exact) mass is 219 g/mol. The minimum Gasteiger partial charge on any atom is -0.322 e. The average Bonchev–Trinajstić information content (AvgIpc) is 2.78. The van der Waals surface area contributed by atoms with Crippen molar-refractivity contribution in [2.45, 2.75) is 5.37 Å². The van der Waals surface area contributed by atoms with Gasteiger partial charge in [-0.05, 0) is 11.6 Å². The van der Waals surface area contributed by atoms with Crippen molar-refractivity contribution in [3.63, 3.8) is 0 Å². The summed E-state index contributed by atoms with van der Waals surface area (Å²) < 4.78 is 0. The number of benzene rings is 1. The Morgan fingerprint density at radius 3 is 2.87 bits per heavy atom. The first-order valence-electron chi connectivity index (χ1n) is 4.92. The quantitative estimate of drug-likeness (QED) is 0.712. The van der Waals surface area contributed by atoms with Crippen LogP contribution in [0.1, 0.15) is 10.9 Å². The molecule has 1 fully saturated rings. The van der Waals surface area contributed by atoms with Crippen molar-refractivity contribution in [1.29, 1.82) is 0 Å². The molecule has 0 bridgehead atoms. The standard InChI is InChI=1S/C12H13NOS/c1-2-11(14)13-8-9-15-12(13)10-6-4-3-5-7-10/h2-7,12H,1,8-9H2. The fraction of sp³-hybridized carbons (Fsp3) is 0.250. The summed E-state index contributed by atoms with van der Waals surface area (Å²) in [5.41, 5.74) is 1.19. The van der Waals surface area contributed by atoms with Crippen molar-refractivity contribution in [2.75, 3.05) is 12.3 Å². The van der Waals surface area contributed by atoms with E-state index in [9.17, 15) is 4.79 Å². The van der Waals surface area contributed by atoms with Gasteiger partial charge in [-0.2, -0.15) is 0 Å². The van der Waals surface area contributed by atoms with E-state index in [1.165, 1.54) is 11.6 Å². The Morgan fingerprint density at radius 2 is 2.20 bits per heavy atom. The highest BCUT2D eigenvalue weighted by Gasteiger charge is 2.28. The zero-order chi connectivity index (χ0) is 10.7. The lowest BCUT2D eigenvalue weighted by molar-refractivity contribution is -0.126. The number of hydrogen-bond acceptors (Lipinski definition) is 2. The molecule has 3 heteroatoms. The summed E-state index contributed by atoms with van der Waals surface area (Å²) in [5.74, 6) is 1.02. The molecule has 1 aromatic carbocycles. The zero-order valence-electron chi connectivity index (χ0n) is 8.43. The number of amides is 1. The number of thioether (sulfide) groups is 1. The number of hydrogen-bond donors (Lipinski definition) is 0. The van der Waals surface area contributed by atoms with E-state index in [1.807, 2.05) is 23.1 Å². The van der Waals surface area contributed by atoms with Crippen LogP contribution in [0.5, 0.6) is 0 Å². The summed E-state index contributed by atoms with van der Waals surface area (Å²) in [5, 5.41) is 0.164. The van der Waals surface area contributed by atoms with Crippen LogP contribution >= 0.6 is 11.8 Å². The molecule has 15 heavy (non-hydrogen) atoms. The van der Waals surface area contributed by atoms with Crippen LogP contribution in [0, 0.1) is 0 Å². The van der Waals surface area contributed by atoms with Gasteiger partial charge < -0.3 is 4.90 Å². The summed E-state index contributed by atoms with van der Waals surface area (Å²) in [4.78, 5) is 13.5. The molecule has 1 atom stereocenters. The Balaban J connectivity index is 2.22. The molecule has 0 N–H and O–H groups in total. The van der Waals surface area contributed by atoms with E-state index in [2.05, 4.69) is 18.7 Å². The van der Waals surface area contributed by atoms with Gasteiger partial charge in [0.2, 0.25) is 5.91 Å². The molecular formula is C12H13NOS. The Kier molecular flexibility index (Phi) is 3.11. The van der Waals surface area contributed by atoms with Gasteiger partial charge in [-0.15, -0.1) is 11.8 Å². The number of carbonyl (C=O) groups is 1. The molecule has 0 radical (unpaired) electrons. The van der Waals surface area contributed by atoms with E-state index in [-0.39, 0.29) is 11.3 Å². The highest BCUT2D eigenvalue weighted by atomic mass is 32.2. The molecule has 0 spiro atoms. The summed E-state index contributed by atoms with van der Waals surface area (Å²) in [6.45, 7) is 4.35. The van der Waals surface area contributed by atoms with Crippen LogP contribution in [0.15, 0.2) is 43.0 Å². The van der Waals surface area contributed by atoms with Crippen molar-refractivity contribution >= 4 is 17.7 Å². The lowest BCUT2D eigenvalue weighted by atomic mass is 10.2. The van der Waals surface area contributed by atoms with E-state index in [0.29, 0.717) is 0 Å². The van der Waals surface area contributed by atoms with Gasteiger partial charge in [0.05, 0.1) is 0 Å². The first-order valence-corrected chi connectivity index (χ1v) is 5.97. The number of nitrogens with zero attached hydrogens (tertiary/aromatic N) is 1. The van der Waals surface area contributed by atoms with E-state index < -0.39 is 0 Å². The minimum atomic E-state index is 0.0221. The normalized spacial score (nSPS) is 20.3. The third-order valence-electron chi connectivity index (χ3n) is 2.43. The average molecular weight is 219 g/mol. The first-order chi connectivity index (χ1) is 7.33. The summed E-state index contributed by atoms with van der Waals surface area (Å²) in [6.07, 6.45) is 1.39. The largest absolute Gasteiger partial charge is 0.322 e. The lowest BCUT2D eigenvalue weighted by Gasteiger charge is -2.22. The van der Waals surface area contributed by atoms with Crippen LogP contribution < -0.4 is 0 Å². The molecule has 1 heterocycles. The van der Waals surface area contributed by atoms with Crippen molar-refractivity contribution in [2.24, 2.45) is 0 Å². The van der Waals surface area contributed by atoms with Crippen molar-refractivity contribution in [3.05, 3.63) is 48.6 Å². The van der Waals surface area contributed by atoms with Gasteiger partial charge >= 0.3 is 0 Å². The lowest BCUT2D eigenvalue weighted by Crippen LogP contribution is -2.28. The topological polar surface area (TPSA) is 20.3 Å². The molecular weight excluding hydrogens is 206 g/mol. The molecule has 1 saturated heterocycles. The molecule has 0 saturated carbocycles. The van der Waals surface area contributed by atoms with Gasteiger partial charge in [0.15, 0.2) is 0 Å². The SMILES string of the molecule is C=CC(=O)N1CCSC1c1ccccc1. The number of carbonyl (C=O) groups excluding carboxylic acids is 1. The molecule has 1 aliphatic rings. The molecule has 2 nitrogen and oxygen atoms in total. The van der Waals surface area contributed by atoms with E-state index in [1.54, 1.807) is 11.8 Å². The van der Waals surface area contributed by atoms with Crippen LogP contribution in [-0.4, -0.2) is 23.1 Å². The summed E-state index contributed by atoms with van der Waals surface area (Å²) >= 11 is 1.80. The Labute approximate surface area is 94.0 Å². The third-order valence-corrected chi connectivity index (χ3v) is 3.69. The first kappa shape index (κ1) is 10.3. The van der Waals surface area contributed by atoms with Gasteiger partial charge in [0.25, 0.3) is 0 Å². The maximum atomic E-state index is 11.6. The maximum absolute atomic E-state index is 11.6. The minimum absolute atomic E-state index is 0.0221. The van der Waals surface area contributed by atoms with E-state index in [4.69, 9.17) is 0 Å². The highest BCUT2D eigenvalue weighted by Crippen LogP contribution is 2.37. The predicted octanol–water partition coefficient (Wildman–Crippen LogP) is 2.45. The smallest absolute Gasteiger partial charge is 0.247 e. The Bertz CT molecular complexity index is 363. The summed E-state index contributed by atoms with van der Waals surface area (Å²) in [6, 6.07) is 10.1. The molecule has 78 valence electrons. The summed E-state index contributed by atoms with van der Waals surface area (Å²) in [7, 11) is 0. The Morgan fingerprint density at radius 1 is 1.47 bits per heavy atom. The van der Waals surface area contributed by atoms with Gasteiger partial charge in [-0.1, -0.05) is 36.9 Å². The fourth-order valence-electron chi connectivity index (χ4n) is 1.71. The van der Waals surface area contributed by atoms with Gasteiger partial charge in [-0.25, -0.2) is 0 Å². The van der Waals surface area contributed by atoms with Crippen LogP contribution in [0.2, 0.25) is 0 Å². The van der Waals surface area contributed by atoms with Crippen molar-refractivity contribution in [3.8, 4) is 0 Å². The van der Waals surface area contributed by atoms with Gasteiger partial charge in [-0.3, -0.25) is 4.79 Å². The molecule has 1 unspecified atom stereocenters. The second-order valence-electron chi connectivity index (χ2n) is 3.37. The molecule has 2 rings (SSSR count). The van der Waals surface area contributed by atoms with Crippen molar-refractivity contribution < 1.29 is 4.79 Å². The zero-order valence-corrected chi connectivity index (χ0v) is 9.24. The fourth-order valence-corrected chi connectivity index (χ4v) is 2.97. The predicted molar refractivity (Wildman–Crippen MR) is 63.6 cm³/mol. The third kappa shape index (κ3) is 2.07. The van der Waals surface area contributed by atoms with Crippen molar-refractivity contribution in [1.82, 2.24) is 4.90 Å². The molecule has 1 aromatic rings. The van der Waals surface area contributed by atoms with Gasteiger partial charge in [0.1, 0.15) is 5.37 Å². The molecule has 1 amide bonds. The Hall–Kier alpha value is -1.22. The van der Waals surface area contributed by atoms with Crippen LogP contribution in [0.25, 0.3) is 0 Å². The van der Waals surface area contributed by atoms with Crippen LogP contribution in [0.3, 0.4) is 0 Å². The molecule has 1 aliphatic heterocycles. The van der Waals surface area contributed by atoms with E-state index in [0.717, 1.165) is 12.3 Å². The molecule has 0 aliphatic carbocycles. The van der Waals surface area contributed by atoms with Gasteiger partial charge in [0, 0.05) is 12.3 Å². The highest BCUT2D eigenvalue weighted by molar-refractivity contribution is 7.99. The second kappa shape index (κ2) is 4.53. The number of rotatable bonds is 2. The van der Waals surface area contributed by atoms with Crippen LogP contribution in [0.4, 0.5) is 0 Å².